The van der Waals surface area contributed by atoms with Crippen molar-refractivity contribution in [1.82, 2.24) is 19.5 Å². The van der Waals surface area contributed by atoms with Gasteiger partial charge < -0.3 is 14.2 Å². The molecule has 0 aliphatic carbocycles. The van der Waals surface area contributed by atoms with Gasteiger partial charge in [-0.15, -0.1) is 0 Å². The molecule has 0 N–H and O–H groups in total. The minimum atomic E-state index is -4.31. The predicted molar refractivity (Wildman–Crippen MR) is 104 cm³/mol. The van der Waals surface area contributed by atoms with Crippen molar-refractivity contribution in [2.45, 2.75) is 32.0 Å². The summed E-state index contributed by atoms with van der Waals surface area (Å²) in [6.45, 7) is 2.17. The fourth-order valence-corrected chi connectivity index (χ4v) is 4.12. The summed E-state index contributed by atoms with van der Waals surface area (Å²) in [6.07, 6.45) is -2.42. The molecule has 3 heterocycles. The number of aryl methyl sites for hydroxylation is 2. The maximum Gasteiger partial charge on any atom is 0.408 e. The first-order valence-corrected chi connectivity index (χ1v) is 9.46. The van der Waals surface area contributed by atoms with Crippen LogP contribution in [0, 0.1) is 6.92 Å². The topological polar surface area (TPSA) is 56.1 Å². The molecule has 0 spiro atoms. The average molecular weight is 426 g/mol. The minimum Gasteiger partial charge on any atom is -0.496 e. The lowest BCUT2D eigenvalue weighted by Gasteiger charge is -2.26. The van der Waals surface area contributed by atoms with Crippen molar-refractivity contribution in [3.05, 3.63) is 28.9 Å². The zero-order valence-corrected chi connectivity index (χ0v) is 16.8. The molecule has 1 aliphatic heterocycles. The molecular formula is C19H19ClF3N5O. The molecule has 154 valence electrons. The van der Waals surface area contributed by atoms with Crippen LogP contribution in [0.2, 0.25) is 5.02 Å². The van der Waals surface area contributed by atoms with Crippen molar-refractivity contribution >= 4 is 28.7 Å². The molecule has 1 aliphatic rings. The van der Waals surface area contributed by atoms with Gasteiger partial charge >= 0.3 is 6.18 Å². The molecule has 1 fully saturated rings. The first-order chi connectivity index (χ1) is 13.7. The van der Waals surface area contributed by atoms with Crippen molar-refractivity contribution in [2.75, 3.05) is 18.6 Å². The maximum atomic E-state index is 13.3. The highest BCUT2D eigenvalue weighted by Crippen LogP contribution is 2.38. The number of rotatable bonds is 3. The lowest BCUT2D eigenvalue weighted by molar-refractivity contribution is -0.146. The minimum absolute atomic E-state index is 0.0534. The van der Waals surface area contributed by atoms with E-state index in [1.54, 1.807) is 23.7 Å². The third-order valence-electron chi connectivity index (χ3n) is 5.20. The predicted octanol–water partition coefficient (Wildman–Crippen LogP) is 4.53. The van der Waals surface area contributed by atoms with E-state index in [1.165, 1.54) is 18.2 Å². The molecule has 0 unspecified atom stereocenters. The number of hydrogen-bond acceptors (Lipinski definition) is 5. The second-order valence-corrected chi connectivity index (χ2v) is 7.50. The summed E-state index contributed by atoms with van der Waals surface area (Å²) in [6, 6.07) is 1.94. The van der Waals surface area contributed by atoms with Crippen LogP contribution in [0.3, 0.4) is 0 Å². The number of anilines is 1. The number of ether oxygens (including phenoxy) is 1. The number of alkyl halides is 3. The van der Waals surface area contributed by atoms with E-state index in [-0.39, 0.29) is 24.4 Å². The fourth-order valence-electron chi connectivity index (χ4n) is 3.85. The third kappa shape index (κ3) is 3.37. The van der Waals surface area contributed by atoms with E-state index in [1.807, 2.05) is 6.92 Å². The average Bonchev–Trinajstić information content (AvgIpc) is 3.26. The highest BCUT2D eigenvalue weighted by molar-refractivity contribution is 6.31. The molecule has 1 aromatic carbocycles. The highest BCUT2D eigenvalue weighted by Gasteiger charge is 2.46. The molecule has 6 nitrogen and oxygen atoms in total. The van der Waals surface area contributed by atoms with Gasteiger partial charge in [0.05, 0.1) is 18.9 Å². The van der Waals surface area contributed by atoms with E-state index in [9.17, 15) is 13.2 Å². The number of benzene rings is 1. The van der Waals surface area contributed by atoms with E-state index in [0.29, 0.717) is 28.7 Å². The van der Waals surface area contributed by atoms with Crippen molar-refractivity contribution in [3.63, 3.8) is 0 Å². The molecule has 4 rings (SSSR count). The first-order valence-electron chi connectivity index (χ1n) is 9.08. The standard InChI is InChI=1S/C19H19ClF3N5O/c1-10-7-11(20)8-12(29-3)15(10)17-26-16-18(27(17)2)24-9-14(25-16)28-6-4-5-13(28)19(21,22)23/h7-9,13H,4-6H2,1-3H3/t13-/m1/s1. The Balaban J connectivity index is 1.82. The van der Waals surface area contributed by atoms with Gasteiger partial charge in [-0.2, -0.15) is 13.2 Å². The largest absolute Gasteiger partial charge is 0.496 e. The van der Waals surface area contributed by atoms with Gasteiger partial charge in [0.15, 0.2) is 11.3 Å². The van der Waals surface area contributed by atoms with Crippen molar-refractivity contribution in [2.24, 2.45) is 7.05 Å². The number of halogens is 4. The van der Waals surface area contributed by atoms with Gasteiger partial charge in [0, 0.05) is 18.6 Å². The normalized spacial score (nSPS) is 17.3. The van der Waals surface area contributed by atoms with Gasteiger partial charge in [-0.05, 0) is 37.5 Å². The number of fused-ring (bicyclic) bond motifs is 1. The summed E-state index contributed by atoms with van der Waals surface area (Å²) >= 11 is 6.12. The molecule has 1 saturated heterocycles. The molecule has 29 heavy (non-hydrogen) atoms. The molecule has 3 aromatic rings. The highest BCUT2D eigenvalue weighted by atomic mass is 35.5. The Kier molecular flexibility index (Phi) is 4.80. The second kappa shape index (κ2) is 7.05. The van der Waals surface area contributed by atoms with Crippen LogP contribution in [0.1, 0.15) is 18.4 Å². The van der Waals surface area contributed by atoms with Crippen molar-refractivity contribution < 1.29 is 17.9 Å². The summed E-state index contributed by atoms with van der Waals surface area (Å²) in [5.74, 6) is 1.28. The zero-order valence-electron chi connectivity index (χ0n) is 16.1. The molecule has 2 aromatic heterocycles. The van der Waals surface area contributed by atoms with E-state index in [4.69, 9.17) is 16.3 Å². The van der Waals surface area contributed by atoms with Crippen LogP contribution >= 0.6 is 11.6 Å². The number of hydrogen-bond donors (Lipinski definition) is 0. The SMILES string of the molecule is COc1cc(Cl)cc(C)c1-c1nc2nc(N3CCC[C@@H]3C(F)(F)F)cnc2n1C. The van der Waals surface area contributed by atoms with Gasteiger partial charge in [0.1, 0.15) is 23.4 Å². The molecule has 1 atom stereocenters. The Morgan fingerprint density at radius 1 is 1.24 bits per heavy atom. The monoisotopic (exact) mass is 425 g/mol. The Bertz CT molecular complexity index is 1080. The van der Waals surface area contributed by atoms with Crippen LogP contribution in [0.25, 0.3) is 22.7 Å². The van der Waals surface area contributed by atoms with Gasteiger partial charge in [-0.1, -0.05) is 11.6 Å². The summed E-state index contributed by atoms with van der Waals surface area (Å²) < 4.78 is 47.2. The lowest BCUT2D eigenvalue weighted by Crippen LogP contribution is -2.41. The van der Waals surface area contributed by atoms with Gasteiger partial charge in [0.25, 0.3) is 0 Å². The molecular weight excluding hydrogens is 407 g/mol. The number of methoxy groups -OCH3 is 1. The Morgan fingerprint density at radius 2 is 2.00 bits per heavy atom. The quantitative estimate of drug-likeness (QED) is 0.617. The fraction of sp³-hybridized carbons (Fsp3) is 0.421. The van der Waals surface area contributed by atoms with E-state index < -0.39 is 12.2 Å². The zero-order chi connectivity index (χ0) is 20.9. The molecule has 0 amide bonds. The number of imidazole rings is 1. The van der Waals surface area contributed by atoms with Crippen LogP contribution < -0.4 is 9.64 Å². The molecule has 0 bridgehead atoms. The van der Waals surface area contributed by atoms with Crippen LogP contribution in [0.5, 0.6) is 5.75 Å². The maximum absolute atomic E-state index is 13.3. The third-order valence-corrected chi connectivity index (χ3v) is 5.42. The summed E-state index contributed by atoms with van der Waals surface area (Å²) in [5, 5.41) is 0.535. The molecule has 0 saturated carbocycles. The second-order valence-electron chi connectivity index (χ2n) is 7.06. The summed E-state index contributed by atoms with van der Waals surface area (Å²) in [4.78, 5) is 14.6. The van der Waals surface area contributed by atoms with Gasteiger partial charge in [0.2, 0.25) is 0 Å². The lowest BCUT2D eigenvalue weighted by atomic mass is 10.1. The Hall–Kier alpha value is -2.55. The van der Waals surface area contributed by atoms with E-state index >= 15 is 0 Å². The Labute approximate surface area is 170 Å². The number of nitrogens with zero attached hydrogens (tertiary/aromatic N) is 5. The first kappa shape index (κ1) is 19.8. The van der Waals surface area contributed by atoms with E-state index in [2.05, 4.69) is 15.0 Å². The smallest absolute Gasteiger partial charge is 0.408 e. The van der Waals surface area contributed by atoms with Crippen LogP contribution in [0.15, 0.2) is 18.3 Å². The Morgan fingerprint density at radius 3 is 2.69 bits per heavy atom. The van der Waals surface area contributed by atoms with Crippen molar-refractivity contribution in [1.29, 1.82) is 0 Å². The van der Waals surface area contributed by atoms with Gasteiger partial charge in [-0.3, -0.25) is 0 Å². The number of aromatic nitrogens is 4. The molecule has 0 radical (unpaired) electrons. The molecule has 10 heteroatoms. The van der Waals surface area contributed by atoms with Crippen LogP contribution in [-0.2, 0) is 7.05 Å². The van der Waals surface area contributed by atoms with E-state index in [0.717, 1.165) is 11.1 Å². The van der Waals surface area contributed by atoms with Crippen LogP contribution in [-0.4, -0.2) is 45.4 Å². The van der Waals surface area contributed by atoms with Crippen molar-refractivity contribution in [3.8, 4) is 17.1 Å². The van der Waals surface area contributed by atoms with Gasteiger partial charge in [-0.25, -0.2) is 15.0 Å². The van der Waals surface area contributed by atoms with Crippen LogP contribution in [0.4, 0.5) is 19.0 Å². The summed E-state index contributed by atoms with van der Waals surface area (Å²) in [5.41, 5.74) is 2.34. The summed E-state index contributed by atoms with van der Waals surface area (Å²) in [7, 11) is 3.32.